The number of H-pyrrole nitrogens is 1. The fourth-order valence-electron chi connectivity index (χ4n) is 1.94. The summed E-state index contributed by atoms with van der Waals surface area (Å²) < 4.78 is 17.1. The lowest BCUT2D eigenvalue weighted by Crippen LogP contribution is -1.93. The lowest BCUT2D eigenvalue weighted by Gasteiger charge is -2.04. The summed E-state index contributed by atoms with van der Waals surface area (Å²) in [7, 11) is 0. The molecule has 0 spiro atoms. The minimum Gasteiger partial charge on any atom is -0.328 e. The standard InChI is InChI=1S/C13H8FIN2S/c14-10-2-1-3-11-12(10)16-13(18)17(11)9-6-4-8(15)5-7-9/h1-7H,(H,16,18). The van der Waals surface area contributed by atoms with E-state index in [4.69, 9.17) is 12.2 Å². The summed E-state index contributed by atoms with van der Waals surface area (Å²) >= 11 is 7.51. The van der Waals surface area contributed by atoms with Crippen LogP contribution in [0.2, 0.25) is 0 Å². The quantitative estimate of drug-likeness (QED) is 0.497. The van der Waals surface area contributed by atoms with Crippen molar-refractivity contribution in [2.45, 2.75) is 0 Å². The van der Waals surface area contributed by atoms with Gasteiger partial charge in [-0.1, -0.05) is 6.07 Å². The van der Waals surface area contributed by atoms with Gasteiger partial charge in [0.25, 0.3) is 0 Å². The molecule has 0 saturated carbocycles. The van der Waals surface area contributed by atoms with E-state index in [2.05, 4.69) is 27.6 Å². The van der Waals surface area contributed by atoms with Crippen molar-refractivity contribution in [2.24, 2.45) is 0 Å². The third-order valence-electron chi connectivity index (χ3n) is 2.75. The summed E-state index contributed by atoms with van der Waals surface area (Å²) in [5.74, 6) is -0.289. The Morgan fingerprint density at radius 3 is 2.56 bits per heavy atom. The number of halogens is 2. The molecule has 0 bridgehead atoms. The number of hydrogen-bond acceptors (Lipinski definition) is 1. The smallest absolute Gasteiger partial charge is 0.182 e. The van der Waals surface area contributed by atoms with Crippen LogP contribution in [-0.2, 0) is 0 Å². The normalized spacial score (nSPS) is 11.0. The maximum Gasteiger partial charge on any atom is 0.182 e. The average molecular weight is 370 g/mol. The maximum absolute atomic E-state index is 13.7. The highest BCUT2D eigenvalue weighted by Gasteiger charge is 2.09. The molecule has 1 aromatic heterocycles. The Kier molecular flexibility index (Phi) is 2.95. The molecule has 1 heterocycles. The van der Waals surface area contributed by atoms with Gasteiger partial charge in [0, 0.05) is 9.26 Å². The van der Waals surface area contributed by atoms with Gasteiger partial charge in [-0.05, 0) is 71.2 Å². The molecule has 0 saturated heterocycles. The largest absolute Gasteiger partial charge is 0.328 e. The molecule has 0 amide bonds. The zero-order chi connectivity index (χ0) is 12.7. The Bertz CT molecular complexity index is 774. The number of rotatable bonds is 1. The van der Waals surface area contributed by atoms with Gasteiger partial charge in [0.15, 0.2) is 4.77 Å². The Morgan fingerprint density at radius 2 is 1.83 bits per heavy atom. The van der Waals surface area contributed by atoms with E-state index in [-0.39, 0.29) is 5.82 Å². The highest BCUT2D eigenvalue weighted by molar-refractivity contribution is 14.1. The third-order valence-corrected chi connectivity index (χ3v) is 3.76. The first-order valence-electron chi connectivity index (χ1n) is 5.32. The number of nitrogens with zero attached hydrogens (tertiary/aromatic N) is 1. The topological polar surface area (TPSA) is 20.7 Å². The van der Waals surface area contributed by atoms with E-state index in [1.165, 1.54) is 6.07 Å². The molecule has 2 aromatic carbocycles. The number of imidazole rings is 1. The van der Waals surface area contributed by atoms with E-state index in [0.29, 0.717) is 10.3 Å². The van der Waals surface area contributed by atoms with E-state index in [1.54, 1.807) is 6.07 Å². The summed E-state index contributed by atoms with van der Waals surface area (Å²) in [4.78, 5) is 2.91. The van der Waals surface area contributed by atoms with Crippen LogP contribution in [0.5, 0.6) is 0 Å². The number of aromatic nitrogens is 2. The molecule has 0 aliphatic carbocycles. The van der Waals surface area contributed by atoms with Crippen LogP contribution in [0.15, 0.2) is 42.5 Å². The van der Waals surface area contributed by atoms with Crippen molar-refractivity contribution in [1.29, 1.82) is 0 Å². The molecule has 0 aliphatic heterocycles. The van der Waals surface area contributed by atoms with Gasteiger partial charge in [0.1, 0.15) is 11.3 Å². The molecule has 0 atom stereocenters. The molecule has 0 aliphatic rings. The lowest BCUT2D eigenvalue weighted by molar-refractivity contribution is 0.637. The predicted molar refractivity (Wildman–Crippen MR) is 81.1 cm³/mol. The van der Waals surface area contributed by atoms with Crippen LogP contribution in [0, 0.1) is 14.2 Å². The van der Waals surface area contributed by atoms with Gasteiger partial charge in [0.2, 0.25) is 0 Å². The van der Waals surface area contributed by atoms with Crippen molar-refractivity contribution in [3.8, 4) is 5.69 Å². The summed E-state index contributed by atoms with van der Waals surface area (Å²) in [6.07, 6.45) is 0. The molecular weight excluding hydrogens is 362 g/mol. The third kappa shape index (κ3) is 1.87. The van der Waals surface area contributed by atoms with Gasteiger partial charge in [-0.15, -0.1) is 0 Å². The van der Waals surface area contributed by atoms with Gasteiger partial charge >= 0.3 is 0 Å². The zero-order valence-electron chi connectivity index (χ0n) is 9.15. The minimum absolute atomic E-state index is 0.289. The summed E-state index contributed by atoms with van der Waals surface area (Å²) in [5, 5.41) is 0. The number of hydrogen-bond donors (Lipinski definition) is 1. The molecular formula is C13H8FIN2S. The molecule has 18 heavy (non-hydrogen) atoms. The first-order valence-corrected chi connectivity index (χ1v) is 6.81. The van der Waals surface area contributed by atoms with Crippen LogP contribution in [0.4, 0.5) is 4.39 Å². The van der Waals surface area contributed by atoms with Crippen LogP contribution in [0.1, 0.15) is 0 Å². The van der Waals surface area contributed by atoms with Crippen molar-refractivity contribution in [3.05, 3.63) is 56.6 Å². The second-order valence-corrected chi connectivity index (χ2v) is 5.51. The van der Waals surface area contributed by atoms with E-state index >= 15 is 0 Å². The summed E-state index contributed by atoms with van der Waals surface area (Å²) in [6, 6.07) is 12.9. The Balaban J connectivity index is 2.35. The first-order chi connectivity index (χ1) is 8.66. The van der Waals surface area contributed by atoms with Gasteiger partial charge in [-0.25, -0.2) is 4.39 Å². The highest BCUT2D eigenvalue weighted by atomic mass is 127. The first kappa shape index (κ1) is 11.9. The van der Waals surface area contributed by atoms with E-state index in [0.717, 1.165) is 14.8 Å². The summed E-state index contributed by atoms with van der Waals surface area (Å²) in [6.45, 7) is 0. The highest BCUT2D eigenvalue weighted by Crippen LogP contribution is 2.22. The average Bonchev–Trinajstić information content (AvgIpc) is 2.69. The Morgan fingerprint density at radius 1 is 1.11 bits per heavy atom. The molecule has 0 fully saturated rings. The maximum atomic E-state index is 13.7. The molecule has 3 aromatic rings. The monoisotopic (exact) mass is 370 g/mol. The van der Waals surface area contributed by atoms with Crippen LogP contribution in [0.3, 0.4) is 0 Å². The van der Waals surface area contributed by atoms with Gasteiger partial charge in [0.05, 0.1) is 5.52 Å². The number of para-hydroxylation sites is 1. The van der Waals surface area contributed by atoms with Gasteiger partial charge in [-0.2, -0.15) is 0 Å². The van der Waals surface area contributed by atoms with Crippen LogP contribution >= 0.6 is 34.8 Å². The van der Waals surface area contributed by atoms with Crippen molar-refractivity contribution in [3.63, 3.8) is 0 Å². The molecule has 0 unspecified atom stereocenters. The minimum atomic E-state index is -0.289. The molecule has 2 nitrogen and oxygen atoms in total. The van der Waals surface area contributed by atoms with Crippen LogP contribution < -0.4 is 0 Å². The Labute approximate surface area is 122 Å². The predicted octanol–water partition coefficient (Wildman–Crippen LogP) is 4.43. The lowest BCUT2D eigenvalue weighted by atomic mass is 10.2. The van der Waals surface area contributed by atoms with Crippen molar-refractivity contribution in [2.75, 3.05) is 0 Å². The number of aromatic amines is 1. The summed E-state index contributed by atoms with van der Waals surface area (Å²) in [5.41, 5.74) is 2.12. The SMILES string of the molecule is Fc1cccc2c1[nH]c(=S)n2-c1ccc(I)cc1. The van der Waals surface area contributed by atoms with Crippen LogP contribution in [0.25, 0.3) is 16.7 Å². The van der Waals surface area contributed by atoms with Crippen LogP contribution in [-0.4, -0.2) is 9.55 Å². The molecule has 0 radical (unpaired) electrons. The molecule has 3 rings (SSSR count). The molecule has 1 N–H and O–H groups in total. The second-order valence-electron chi connectivity index (χ2n) is 3.88. The number of benzene rings is 2. The van der Waals surface area contributed by atoms with Crippen molar-refractivity contribution < 1.29 is 4.39 Å². The van der Waals surface area contributed by atoms with E-state index in [9.17, 15) is 4.39 Å². The number of fused-ring (bicyclic) bond motifs is 1. The van der Waals surface area contributed by atoms with Gasteiger partial charge in [-0.3, -0.25) is 4.57 Å². The fraction of sp³-hybridized carbons (Fsp3) is 0. The van der Waals surface area contributed by atoms with E-state index in [1.807, 2.05) is 34.9 Å². The zero-order valence-corrected chi connectivity index (χ0v) is 12.1. The number of nitrogens with one attached hydrogen (secondary N) is 1. The van der Waals surface area contributed by atoms with Crippen molar-refractivity contribution in [1.82, 2.24) is 9.55 Å². The fourth-order valence-corrected chi connectivity index (χ4v) is 2.61. The van der Waals surface area contributed by atoms with Gasteiger partial charge < -0.3 is 4.98 Å². The molecule has 5 heteroatoms. The Hall–Kier alpha value is -1.21. The second kappa shape index (κ2) is 4.47. The van der Waals surface area contributed by atoms with E-state index < -0.39 is 0 Å². The van der Waals surface area contributed by atoms with Crippen molar-refractivity contribution >= 4 is 45.8 Å². The molecule has 90 valence electrons.